The molecule has 3 rings (SSSR count). The smallest absolute Gasteiger partial charge is 0.325 e. The highest BCUT2D eigenvalue weighted by Gasteiger charge is 2.12. The van der Waals surface area contributed by atoms with E-state index in [4.69, 9.17) is 10.5 Å². The molecule has 32 heavy (non-hydrogen) atoms. The van der Waals surface area contributed by atoms with Crippen molar-refractivity contribution in [3.63, 3.8) is 0 Å². The Morgan fingerprint density at radius 1 is 1.19 bits per heavy atom. The number of ether oxygens (including phenoxy) is 1. The van der Waals surface area contributed by atoms with Gasteiger partial charge in [-0.15, -0.1) is 11.3 Å². The number of hydrogen-bond donors (Lipinski definition) is 2. The van der Waals surface area contributed by atoms with Crippen molar-refractivity contribution in [2.24, 2.45) is 5.73 Å². The fourth-order valence-electron chi connectivity index (χ4n) is 2.95. The molecule has 0 radical (unpaired) electrons. The maximum atomic E-state index is 12.0. The first kappa shape index (κ1) is 23.4. The summed E-state index contributed by atoms with van der Waals surface area (Å²) in [5.74, 6) is 0.138. The molecule has 2 aromatic heterocycles. The van der Waals surface area contributed by atoms with Crippen LogP contribution in [0.15, 0.2) is 48.0 Å². The van der Waals surface area contributed by atoms with Gasteiger partial charge in [0.25, 0.3) is 0 Å². The van der Waals surface area contributed by atoms with Gasteiger partial charge in [0.15, 0.2) is 5.13 Å². The van der Waals surface area contributed by atoms with E-state index in [-0.39, 0.29) is 25.0 Å². The van der Waals surface area contributed by atoms with E-state index < -0.39 is 0 Å². The second kappa shape index (κ2) is 11.4. The van der Waals surface area contributed by atoms with Crippen LogP contribution in [0.1, 0.15) is 19.8 Å². The number of nitrogens with two attached hydrogens (primary N) is 1. The number of amides is 1. The number of benzene rings is 1. The van der Waals surface area contributed by atoms with Crippen molar-refractivity contribution in [2.45, 2.75) is 19.8 Å². The van der Waals surface area contributed by atoms with Crippen LogP contribution in [-0.2, 0) is 14.3 Å². The van der Waals surface area contributed by atoms with Crippen molar-refractivity contribution in [3.8, 4) is 22.4 Å². The molecule has 2 heterocycles. The van der Waals surface area contributed by atoms with Crippen LogP contribution in [0.5, 0.6) is 0 Å². The van der Waals surface area contributed by atoms with E-state index in [0.29, 0.717) is 17.6 Å². The molecule has 3 aromatic rings. The first-order valence-corrected chi connectivity index (χ1v) is 11.3. The van der Waals surface area contributed by atoms with Crippen LogP contribution in [0.25, 0.3) is 22.4 Å². The van der Waals surface area contributed by atoms with Gasteiger partial charge in [0.2, 0.25) is 5.91 Å². The van der Waals surface area contributed by atoms with E-state index in [1.807, 2.05) is 48.8 Å². The van der Waals surface area contributed by atoms with Crippen LogP contribution in [0.4, 0.5) is 10.9 Å². The molecule has 0 aliphatic heterocycles. The molecule has 168 valence electrons. The van der Waals surface area contributed by atoms with Gasteiger partial charge in [0.1, 0.15) is 12.4 Å². The maximum Gasteiger partial charge on any atom is 0.325 e. The van der Waals surface area contributed by atoms with Gasteiger partial charge in [-0.05, 0) is 35.7 Å². The molecular formula is C23H27N5O3S. The number of rotatable bonds is 10. The Balaban J connectivity index is 1.74. The molecule has 0 saturated carbocycles. The summed E-state index contributed by atoms with van der Waals surface area (Å²) in [6, 6.07) is 11.8. The zero-order chi connectivity index (χ0) is 22.9. The predicted octanol–water partition coefficient (Wildman–Crippen LogP) is 3.55. The van der Waals surface area contributed by atoms with E-state index in [0.717, 1.165) is 35.2 Å². The van der Waals surface area contributed by atoms with Gasteiger partial charge in [0, 0.05) is 24.2 Å². The third-order valence-corrected chi connectivity index (χ3v) is 5.45. The van der Waals surface area contributed by atoms with Crippen LogP contribution in [0.3, 0.4) is 0 Å². The lowest BCUT2D eigenvalue weighted by Crippen LogP contribution is -2.28. The molecule has 3 N–H and O–H groups in total. The summed E-state index contributed by atoms with van der Waals surface area (Å²) in [4.78, 5) is 34.1. The first-order chi connectivity index (χ1) is 15.5. The summed E-state index contributed by atoms with van der Waals surface area (Å²) >= 11 is 1.35. The summed E-state index contributed by atoms with van der Waals surface area (Å²) in [5.41, 5.74) is 9.00. The van der Waals surface area contributed by atoms with Gasteiger partial charge in [-0.2, -0.15) is 0 Å². The number of hydrogen-bond acceptors (Lipinski definition) is 8. The Labute approximate surface area is 191 Å². The summed E-state index contributed by atoms with van der Waals surface area (Å²) < 4.78 is 5.24. The number of anilines is 2. The van der Waals surface area contributed by atoms with E-state index in [2.05, 4.69) is 22.2 Å². The SMILES string of the molecule is CCCCOC(=O)CN(C)c1cc(-c2cccc(-c3csc(NC(=O)CN)n3)c2)ccn1. The molecule has 1 aromatic carbocycles. The summed E-state index contributed by atoms with van der Waals surface area (Å²) in [5, 5.41) is 5.07. The third kappa shape index (κ3) is 6.35. The van der Waals surface area contributed by atoms with Crippen molar-refractivity contribution in [1.82, 2.24) is 9.97 Å². The van der Waals surface area contributed by atoms with Gasteiger partial charge < -0.3 is 20.7 Å². The minimum Gasteiger partial charge on any atom is -0.464 e. The number of carbonyl (C=O) groups excluding carboxylic acids is 2. The Morgan fingerprint density at radius 2 is 1.97 bits per heavy atom. The molecule has 0 atom stereocenters. The summed E-state index contributed by atoms with van der Waals surface area (Å²) in [6.07, 6.45) is 3.56. The Kier molecular flexibility index (Phi) is 8.29. The summed E-state index contributed by atoms with van der Waals surface area (Å²) in [7, 11) is 1.82. The van der Waals surface area contributed by atoms with Crippen molar-refractivity contribution in [2.75, 3.05) is 37.0 Å². The number of esters is 1. The molecule has 0 unspecified atom stereocenters. The largest absolute Gasteiger partial charge is 0.464 e. The Hall–Kier alpha value is -3.30. The predicted molar refractivity (Wildman–Crippen MR) is 128 cm³/mol. The van der Waals surface area contributed by atoms with E-state index in [1.54, 1.807) is 11.1 Å². The zero-order valence-corrected chi connectivity index (χ0v) is 19.0. The van der Waals surface area contributed by atoms with Crippen molar-refractivity contribution >= 4 is 34.2 Å². The van der Waals surface area contributed by atoms with Gasteiger partial charge in [0.05, 0.1) is 18.8 Å². The number of nitrogens with one attached hydrogen (secondary N) is 1. The number of unbranched alkanes of at least 4 members (excludes halogenated alkanes) is 1. The molecule has 0 fully saturated rings. The van der Waals surface area contributed by atoms with Gasteiger partial charge in [-0.1, -0.05) is 31.5 Å². The second-order valence-electron chi connectivity index (χ2n) is 7.20. The van der Waals surface area contributed by atoms with E-state index in [9.17, 15) is 9.59 Å². The average Bonchev–Trinajstić information content (AvgIpc) is 3.27. The monoisotopic (exact) mass is 453 g/mol. The van der Waals surface area contributed by atoms with Crippen molar-refractivity contribution < 1.29 is 14.3 Å². The van der Waals surface area contributed by atoms with Crippen LogP contribution < -0.4 is 16.0 Å². The standard InChI is InChI=1S/C23H27N5O3S/c1-3-4-10-31-22(30)14-28(2)20-12-17(8-9-25-20)16-6-5-7-18(11-16)19-15-32-23(26-19)27-21(29)13-24/h5-9,11-12,15H,3-4,10,13-14,24H2,1-2H3,(H,26,27,29). The van der Waals surface area contributed by atoms with Gasteiger partial charge in [-0.25, -0.2) is 9.97 Å². The fourth-order valence-corrected chi connectivity index (χ4v) is 3.69. The molecule has 0 bridgehead atoms. The second-order valence-corrected chi connectivity index (χ2v) is 8.06. The van der Waals surface area contributed by atoms with Crippen molar-refractivity contribution in [3.05, 3.63) is 48.0 Å². The van der Waals surface area contributed by atoms with Crippen LogP contribution >= 0.6 is 11.3 Å². The molecule has 0 saturated heterocycles. The Bertz CT molecular complexity index is 1070. The molecule has 0 aliphatic rings. The molecule has 0 spiro atoms. The van der Waals surface area contributed by atoms with E-state index in [1.165, 1.54) is 11.3 Å². The topological polar surface area (TPSA) is 110 Å². The summed E-state index contributed by atoms with van der Waals surface area (Å²) in [6.45, 7) is 2.55. The maximum absolute atomic E-state index is 12.0. The van der Waals surface area contributed by atoms with Crippen LogP contribution in [0.2, 0.25) is 0 Å². The van der Waals surface area contributed by atoms with Gasteiger partial charge >= 0.3 is 5.97 Å². The van der Waals surface area contributed by atoms with Crippen LogP contribution in [-0.4, -0.2) is 48.6 Å². The van der Waals surface area contributed by atoms with Gasteiger partial charge in [-0.3, -0.25) is 9.59 Å². The molecular weight excluding hydrogens is 426 g/mol. The average molecular weight is 454 g/mol. The number of likely N-dealkylation sites (N-methyl/N-ethyl adjacent to an activating group) is 1. The van der Waals surface area contributed by atoms with Crippen LogP contribution in [0, 0.1) is 0 Å². The molecule has 0 aliphatic carbocycles. The lowest BCUT2D eigenvalue weighted by Gasteiger charge is -2.18. The number of pyridine rings is 1. The molecule has 8 nitrogen and oxygen atoms in total. The molecule has 1 amide bonds. The number of carbonyl (C=O) groups is 2. The minimum atomic E-state index is -0.276. The minimum absolute atomic E-state index is 0.0836. The normalized spacial score (nSPS) is 10.6. The highest BCUT2D eigenvalue weighted by molar-refractivity contribution is 7.14. The Morgan fingerprint density at radius 3 is 2.75 bits per heavy atom. The highest BCUT2D eigenvalue weighted by Crippen LogP contribution is 2.29. The quantitative estimate of drug-likeness (QED) is 0.357. The molecule has 9 heteroatoms. The lowest BCUT2D eigenvalue weighted by atomic mass is 10.0. The highest BCUT2D eigenvalue weighted by atomic mass is 32.1. The lowest BCUT2D eigenvalue weighted by molar-refractivity contribution is -0.142. The number of thiazole rings is 1. The fraction of sp³-hybridized carbons (Fsp3) is 0.304. The zero-order valence-electron chi connectivity index (χ0n) is 18.2. The number of aromatic nitrogens is 2. The number of nitrogens with zero attached hydrogens (tertiary/aromatic N) is 3. The van der Waals surface area contributed by atoms with Crippen molar-refractivity contribution in [1.29, 1.82) is 0 Å². The van der Waals surface area contributed by atoms with E-state index >= 15 is 0 Å². The first-order valence-electron chi connectivity index (χ1n) is 10.4. The third-order valence-electron chi connectivity index (χ3n) is 4.69.